The summed E-state index contributed by atoms with van der Waals surface area (Å²) in [5.74, 6) is 0.137. The Morgan fingerprint density at radius 1 is 1.50 bits per heavy atom. The maximum Gasteiger partial charge on any atom is 0.295 e. The topological polar surface area (TPSA) is 52.4 Å². The largest absolute Gasteiger partial charge is 0.308 e. The van der Waals surface area contributed by atoms with Crippen molar-refractivity contribution < 1.29 is 9.92 Å². The van der Waals surface area contributed by atoms with Gasteiger partial charge in [0.15, 0.2) is 0 Å². The first kappa shape index (κ1) is 9.20. The Hall–Kier alpha value is -0.800. The molecule has 0 aliphatic carbocycles. The van der Waals surface area contributed by atoms with Gasteiger partial charge in [0.25, 0.3) is 5.09 Å². The second-order valence-corrected chi connectivity index (χ2v) is 3.07. The van der Waals surface area contributed by atoms with Crippen LogP contribution in [0.25, 0.3) is 0 Å². The van der Waals surface area contributed by atoms with Gasteiger partial charge in [0.1, 0.15) is 5.60 Å². The van der Waals surface area contributed by atoms with E-state index in [4.69, 9.17) is 0 Å². The number of nitrogens with zero attached hydrogens (tertiary/aromatic N) is 1. The molecule has 0 radical (unpaired) electrons. The van der Waals surface area contributed by atoms with Crippen molar-refractivity contribution in [1.82, 2.24) is 0 Å². The third-order valence-electron chi connectivity index (χ3n) is 1.70. The van der Waals surface area contributed by atoms with Gasteiger partial charge in [0.2, 0.25) is 0 Å². The molecule has 4 nitrogen and oxygen atoms in total. The lowest BCUT2D eigenvalue weighted by atomic mass is 9.95. The van der Waals surface area contributed by atoms with Crippen LogP contribution < -0.4 is 0 Å². The third kappa shape index (κ3) is 2.66. The molecule has 0 spiro atoms. The van der Waals surface area contributed by atoms with Gasteiger partial charge < -0.3 is 4.84 Å². The SMILES string of the molecule is CC(C)C(C)(C)O[N+](=O)[O-]. The van der Waals surface area contributed by atoms with E-state index >= 15 is 0 Å². The highest BCUT2D eigenvalue weighted by Gasteiger charge is 2.26. The van der Waals surface area contributed by atoms with Gasteiger partial charge in [0, 0.05) is 0 Å². The first-order chi connectivity index (χ1) is 4.36. The zero-order chi connectivity index (χ0) is 8.36. The lowest BCUT2D eigenvalue weighted by molar-refractivity contribution is -0.781. The van der Waals surface area contributed by atoms with E-state index < -0.39 is 10.7 Å². The van der Waals surface area contributed by atoms with Crippen LogP contribution in [0.3, 0.4) is 0 Å². The Morgan fingerprint density at radius 2 is 1.90 bits per heavy atom. The molecule has 0 aliphatic rings. The molecule has 10 heavy (non-hydrogen) atoms. The molecule has 0 saturated heterocycles. The fraction of sp³-hybridized carbons (Fsp3) is 1.00. The summed E-state index contributed by atoms with van der Waals surface area (Å²) < 4.78 is 0. The van der Waals surface area contributed by atoms with Crippen LogP contribution in [0.15, 0.2) is 0 Å². The Kier molecular flexibility index (Phi) is 2.63. The summed E-state index contributed by atoms with van der Waals surface area (Å²) >= 11 is 0. The van der Waals surface area contributed by atoms with Crippen molar-refractivity contribution >= 4 is 0 Å². The summed E-state index contributed by atoms with van der Waals surface area (Å²) in [6, 6.07) is 0. The lowest BCUT2D eigenvalue weighted by Gasteiger charge is -2.25. The van der Waals surface area contributed by atoms with E-state index in [2.05, 4.69) is 4.84 Å². The van der Waals surface area contributed by atoms with Crippen molar-refractivity contribution in [3.05, 3.63) is 10.1 Å². The van der Waals surface area contributed by atoms with Gasteiger partial charge >= 0.3 is 0 Å². The fourth-order valence-corrected chi connectivity index (χ4v) is 0.298. The maximum absolute atomic E-state index is 9.90. The minimum absolute atomic E-state index is 0.137. The molecule has 0 unspecified atom stereocenters. The van der Waals surface area contributed by atoms with Crippen LogP contribution >= 0.6 is 0 Å². The molecule has 0 aromatic heterocycles. The van der Waals surface area contributed by atoms with Crippen LogP contribution in [0.5, 0.6) is 0 Å². The molecule has 0 amide bonds. The molecule has 0 atom stereocenters. The minimum atomic E-state index is -0.750. The molecule has 0 aromatic carbocycles. The van der Waals surface area contributed by atoms with E-state index in [1.54, 1.807) is 13.8 Å². The Morgan fingerprint density at radius 3 is 2.00 bits per heavy atom. The summed E-state index contributed by atoms with van der Waals surface area (Å²) in [7, 11) is 0. The molecular formula is C6H13NO3. The Balaban J connectivity index is 3.99. The van der Waals surface area contributed by atoms with Gasteiger partial charge in [-0.15, -0.1) is 10.1 Å². The molecule has 0 aromatic rings. The van der Waals surface area contributed by atoms with Crippen molar-refractivity contribution in [2.75, 3.05) is 0 Å². The first-order valence-corrected chi connectivity index (χ1v) is 3.20. The van der Waals surface area contributed by atoms with E-state index in [1.165, 1.54) is 0 Å². The van der Waals surface area contributed by atoms with Crippen molar-refractivity contribution in [3.63, 3.8) is 0 Å². The van der Waals surface area contributed by atoms with E-state index in [0.29, 0.717) is 0 Å². The van der Waals surface area contributed by atoms with Crippen molar-refractivity contribution in [3.8, 4) is 0 Å². The normalized spacial score (nSPS) is 11.7. The first-order valence-electron chi connectivity index (χ1n) is 3.20. The fourth-order valence-electron chi connectivity index (χ4n) is 0.298. The molecule has 0 aliphatic heterocycles. The highest BCUT2D eigenvalue weighted by atomic mass is 17.0. The highest BCUT2D eigenvalue weighted by Crippen LogP contribution is 2.19. The molecule has 0 saturated carbocycles. The predicted molar refractivity (Wildman–Crippen MR) is 37.0 cm³/mol. The van der Waals surface area contributed by atoms with E-state index in [0.717, 1.165) is 0 Å². The second kappa shape index (κ2) is 2.86. The zero-order valence-corrected chi connectivity index (χ0v) is 6.75. The van der Waals surface area contributed by atoms with Crippen LogP contribution in [0.4, 0.5) is 0 Å². The molecule has 60 valence electrons. The highest BCUT2D eigenvalue weighted by molar-refractivity contribution is 4.69. The quantitative estimate of drug-likeness (QED) is 0.450. The van der Waals surface area contributed by atoms with Crippen molar-refractivity contribution in [2.45, 2.75) is 33.3 Å². The summed E-state index contributed by atoms with van der Waals surface area (Å²) in [4.78, 5) is 14.3. The molecule has 0 heterocycles. The zero-order valence-electron chi connectivity index (χ0n) is 6.75. The minimum Gasteiger partial charge on any atom is -0.308 e. The Labute approximate surface area is 60.3 Å². The number of rotatable bonds is 3. The van der Waals surface area contributed by atoms with Gasteiger partial charge in [-0.1, -0.05) is 13.8 Å². The molecule has 0 rings (SSSR count). The summed E-state index contributed by atoms with van der Waals surface area (Å²) in [5.41, 5.74) is -0.677. The molecule has 0 bridgehead atoms. The van der Waals surface area contributed by atoms with E-state index in [1.807, 2.05) is 13.8 Å². The maximum atomic E-state index is 9.90. The Bertz CT molecular complexity index is 131. The van der Waals surface area contributed by atoms with Crippen LogP contribution in [0, 0.1) is 16.0 Å². The van der Waals surface area contributed by atoms with Gasteiger partial charge in [-0.2, -0.15) is 0 Å². The average Bonchev–Trinajstić information content (AvgIpc) is 1.60. The lowest BCUT2D eigenvalue weighted by Crippen LogP contribution is -2.33. The van der Waals surface area contributed by atoms with Gasteiger partial charge in [0.05, 0.1) is 0 Å². The number of hydrogen-bond acceptors (Lipinski definition) is 3. The average molecular weight is 147 g/mol. The monoisotopic (exact) mass is 147 g/mol. The van der Waals surface area contributed by atoms with Gasteiger partial charge in [-0.25, -0.2) is 0 Å². The molecule has 0 fully saturated rings. The van der Waals surface area contributed by atoms with Gasteiger partial charge in [-0.05, 0) is 19.8 Å². The summed E-state index contributed by atoms with van der Waals surface area (Å²) in [6.07, 6.45) is 0. The van der Waals surface area contributed by atoms with Crippen molar-refractivity contribution in [1.29, 1.82) is 0 Å². The van der Waals surface area contributed by atoms with Crippen LogP contribution in [0.2, 0.25) is 0 Å². The van der Waals surface area contributed by atoms with Crippen molar-refractivity contribution in [2.24, 2.45) is 5.92 Å². The summed E-state index contributed by atoms with van der Waals surface area (Å²) in [5, 5.41) is 9.15. The molecule has 0 N–H and O–H groups in total. The molecule has 4 heteroatoms. The smallest absolute Gasteiger partial charge is 0.295 e. The van der Waals surface area contributed by atoms with E-state index in [9.17, 15) is 10.1 Å². The predicted octanol–water partition coefficient (Wildman–Crippen LogP) is 1.63. The number of hydrogen-bond donors (Lipinski definition) is 0. The third-order valence-corrected chi connectivity index (χ3v) is 1.70. The standard InChI is InChI=1S/C6H13NO3/c1-5(2)6(3,4)10-7(8)9/h5H,1-4H3. The second-order valence-electron chi connectivity index (χ2n) is 3.07. The van der Waals surface area contributed by atoms with E-state index in [-0.39, 0.29) is 5.92 Å². The summed E-state index contributed by atoms with van der Waals surface area (Å²) in [6.45, 7) is 7.15. The van der Waals surface area contributed by atoms with Crippen LogP contribution in [-0.4, -0.2) is 10.7 Å². The molecular weight excluding hydrogens is 134 g/mol. The van der Waals surface area contributed by atoms with Gasteiger partial charge in [-0.3, -0.25) is 0 Å². The van der Waals surface area contributed by atoms with Crippen LogP contribution in [0.1, 0.15) is 27.7 Å². The van der Waals surface area contributed by atoms with Crippen LogP contribution in [-0.2, 0) is 4.84 Å².